The Bertz CT molecular complexity index is 794. The van der Waals surface area contributed by atoms with E-state index in [9.17, 15) is 9.59 Å². The molecule has 0 spiro atoms. The molecule has 0 radical (unpaired) electrons. The largest absolute Gasteiger partial charge is 0.332 e. The van der Waals surface area contributed by atoms with Crippen LogP contribution >= 0.6 is 0 Å². The summed E-state index contributed by atoms with van der Waals surface area (Å²) in [4.78, 5) is 23.9. The molecule has 5 nitrogen and oxygen atoms in total. The Morgan fingerprint density at radius 1 is 1.15 bits per heavy atom. The van der Waals surface area contributed by atoms with Crippen LogP contribution in [0.5, 0.6) is 0 Å². The van der Waals surface area contributed by atoms with E-state index in [1.807, 2.05) is 38.1 Å². The fraction of sp³-hybridized carbons (Fsp3) is 0.267. The molecule has 1 aromatic heterocycles. The average molecular weight is 269 g/mol. The lowest BCUT2D eigenvalue weighted by Gasteiger charge is -2.09. The van der Waals surface area contributed by atoms with E-state index in [0.29, 0.717) is 0 Å². The van der Waals surface area contributed by atoms with Crippen molar-refractivity contribution in [3.8, 4) is 6.07 Å². The maximum Gasteiger partial charge on any atom is 0.332 e. The van der Waals surface area contributed by atoms with Gasteiger partial charge in [-0.1, -0.05) is 18.2 Å². The predicted octanol–water partition coefficient (Wildman–Crippen LogP) is 1.20. The third-order valence-corrected chi connectivity index (χ3v) is 3.29. The van der Waals surface area contributed by atoms with Gasteiger partial charge in [0.1, 0.15) is 6.54 Å². The minimum atomic E-state index is -0.461. The van der Waals surface area contributed by atoms with Crippen LogP contribution in [0, 0.1) is 25.2 Å². The zero-order valence-corrected chi connectivity index (χ0v) is 11.5. The Labute approximate surface area is 116 Å². The van der Waals surface area contributed by atoms with Crippen LogP contribution in [0.2, 0.25) is 0 Å². The first-order chi connectivity index (χ1) is 9.52. The quantitative estimate of drug-likeness (QED) is 0.840. The topological polar surface area (TPSA) is 67.8 Å². The highest BCUT2D eigenvalue weighted by Crippen LogP contribution is 2.09. The highest BCUT2D eigenvalue weighted by atomic mass is 16.2. The Kier molecular flexibility index (Phi) is 3.85. The summed E-state index contributed by atoms with van der Waals surface area (Å²) >= 11 is 0. The molecule has 2 aromatic rings. The number of nitriles is 1. The standard InChI is InChI=1S/C15H15N3O2/c1-11-3-4-13(9-12(11)2)10-18-14(19)5-7-17(8-6-16)15(18)20/h3-5,7,9H,8,10H2,1-2H3. The summed E-state index contributed by atoms with van der Waals surface area (Å²) in [5, 5.41) is 8.66. The molecule has 0 saturated heterocycles. The van der Waals surface area contributed by atoms with Crippen LogP contribution in [0.15, 0.2) is 40.1 Å². The third-order valence-electron chi connectivity index (χ3n) is 3.29. The minimum Gasteiger partial charge on any atom is -0.287 e. The van der Waals surface area contributed by atoms with E-state index >= 15 is 0 Å². The van der Waals surface area contributed by atoms with Crippen LogP contribution in [0.25, 0.3) is 0 Å². The molecule has 0 fully saturated rings. The maximum atomic E-state index is 12.1. The van der Waals surface area contributed by atoms with Gasteiger partial charge in [-0.3, -0.25) is 13.9 Å². The van der Waals surface area contributed by atoms with Gasteiger partial charge in [-0.25, -0.2) is 4.79 Å². The second-order valence-corrected chi connectivity index (χ2v) is 4.73. The van der Waals surface area contributed by atoms with E-state index in [1.54, 1.807) is 0 Å². The van der Waals surface area contributed by atoms with Crippen LogP contribution in [0.3, 0.4) is 0 Å². The second kappa shape index (κ2) is 5.57. The van der Waals surface area contributed by atoms with Gasteiger partial charge in [-0.15, -0.1) is 0 Å². The molecule has 0 atom stereocenters. The van der Waals surface area contributed by atoms with Gasteiger partial charge in [0.25, 0.3) is 5.56 Å². The van der Waals surface area contributed by atoms with Crippen molar-refractivity contribution in [3.05, 3.63) is 68.0 Å². The van der Waals surface area contributed by atoms with Crippen molar-refractivity contribution in [1.29, 1.82) is 5.26 Å². The highest BCUT2D eigenvalue weighted by molar-refractivity contribution is 5.30. The number of hydrogen-bond donors (Lipinski definition) is 0. The average Bonchev–Trinajstić information content (AvgIpc) is 2.42. The second-order valence-electron chi connectivity index (χ2n) is 4.73. The van der Waals surface area contributed by atoms with Crippen LogP contribution in [0.1, 0.15) is 16.7 Å². The zero-order chi connectivity index (χ0) is 14.7. The Morgan fingerprint density at radius 2 is 1.90 bits per heavy atom. The first kappa shape index (κ1) is 13.8. The molecule has 20 heavy (non-hydrogen) atoms. The lowest BCUT2D eigenvalue weighted by Crippen LogP contribution is -2.39. The summed E-state index contributed by atoms with van der Waals surface area (Å²) in [5.74, 6) is 0. The molecule has 0 bridgehead atoms. The fourth-order valence-electron chi connectivity index (χ4n) is 1.98. The zero-order valence-electron chi connectivity index (χ0n) is 11.5. The lowest BCUT2D eigenvalue weighted by atomic mass is 10.1. The molecular formula is C15H15N3O2. The predicted molar refractivity (Wildman–Crippen MR) is 75.6 cm³/mol. The van der Waals surface area contributed by atoms with E-state index in [1.165, 1.54) is 16.8 Å². The van der Waals surface area contributed by atoms with E-state index in [2.05, 4.69) is 0 Å². The van der Waals surface area contributed by atoms with Crippen LogP contribution in [0.4, 0.5) is 0 Å². The molecule has 0 unspecified atom stereocenters. The molecular weight excluding hydrogens is 254 g/mol. The number of rotatable bonds is 3. The normalized spacial score (nSPS) is 10.2. The first-order valence-electron chi connectivity index (χ1n) is 6.26. The maximum absolute atomic E-state index is 12.1. The molecule has 0 aliphatic carbocycles. The van der Waals surface area contributed by atoms with Crippen LogP contribution in [-0.2, 0) is 13.1 Å². The van der Waals surface area contributed by atoms with Gasteiger partial charge in [0.05, 0.1) is 12.6 Å². The van der Waals surface area contributed by atoms with Gasteiger partial charge in [0.15, 0.2) is 0 Å². The SMILES string of the molecule is Cc1ccc(Cn2c(=O)ccn(CC#N)c2=O)cc1C. The molecule has 5 heteroatoms. The summed E-state index contributed by atoms with van der Waals surface area (Å²) in [5.41, 5.74) is 2.35. The van der Waals surface area contributed by atoms with Gasteiger partial charge in [-0.2, -0.15) is 5.26 Å². The van der Waals surface area contributed by atoms with Crippen molar-refractivity contribution in [3.63, 3.8) is 0 Å². The van der Waals surface area contributed by atoms with Crippen LogP contribution < -0.4 is 11.2 Å². The lowest BCUT2D eigenvalue weighted by molar-refractivity contribution is 0.620. The Morgan fingerprint density at radius 3 is 2.55 bits per heavy atom. The van der Waals surface area contributed by atoms with Crippen LogP contribution in [-0.4, -0.2) is 9.13 Å². The molecule has 0 saturated carbocycles. The number of benzene rings is 1. The van der Waals surface area contributed by atoms with E-state index in [-0.39, 0.29) is 18.6 Å². The monoisotopic (exact) mass is 269 g/mol. The number of hydrogen-bond acceptors (Lipinski definition) is 3. The van der Waals surface area contributed by atoms with Crippen molar-refractivity contribution in [2.24, 2.45) is 0 Å². The summed E-state index contributed by atoms with van der Waals surface area (Å²) in [6.45, 7) is 4.14. The molecule has 102 valence electrons. The van der Waals surface area contributed by atoms with Gasteiger partial charge >= 0.3 is 5.69 Å². The number of aromatic nitrogens is 2. The molecule has 0 amide bonds. The van der Waals surface area contributed by atoms with Gasteiger partial charge in [-0.05, 0) is 30.5 Å². The molecule has 2 rings (SSSR count). The van der Waals surface area contributed by atoms with Crippen molar-refractivity contribution in [1.82, 2.24) is 9.13 Å². The summed E-state index contributed by atoms with van der Waals surface area (Å²) < 4.78 is 2.36. The van der Waals surface area contributed by atoms with E-state index in [4.69, 9.17) is 5.26 Å². The minimum absolute atomic E-state index is 0.0635. The summed E-state index contributed by atoms with van der Waals surface area (Å²) in [6.07, 6.45) is 1.35. The van der Waals surface area contributed by atoms with E-state index < -0.39 is 5.69 Å². The smallest absolute Gasteiger partial charge is 0.287 e. The number of nitrogens with zero attached hydrogens (tertiary/aromatic N) is 3. The van der Waals surface area contributed by atoms with E-state index in [0.717, 1.165) is 21.3 Å². The summed E-state index contributed by atoms with van der Waals surface area (Å²) in [6, 6.07) is 9.03. The van der Waals surface area contributed by atoms with Crippen molar-refractivity contribution >= 4 is 0 Å². The van der Waals surface area contributed by atoms with Crippen molar-refractivity contribution in [2.45, 2.75) is 26.9 Å². The van der Waals surface area contributed by atoms with Gasteiger partial charge < -0.3 is 0 Å². The van der Waals surface area contributed by atoms with Gasteiger partial charge in [0, 0.05) is 12.3 Å². The van der Waals surface area contributed by atoms with Gasteiger partial charge in [0.2, 0.25) is 0 Å². The Hall–Kier alpha value is -2.61. The molecule has 0 aliphatic heterocycles. The first-order valence-corrected chi connectivity index (χ1v) is 6.26. The molecule has 0 aliphatic rings. The fourth-order valence-corrected chi connectivity index (χ4v) is 1.98. The Balaban J connectivity index is 2.45. The number of aryl methyl sites for hydroxylation is 2. The molecule has 0 N–H and O–H groups in total. The van der Waals surface area contributed by atoms with Crippen molar-refractivity contribution < 1.29 is 0 Å². The van der Waals surface area contributed by atoms with Crippen molar-refractivity contribution in [2.75, 3.05) is 0 Å². The highest BCUT2D eigenvalue weighted by Gasteiger charge is 2.06. The third kappa shape index (κ3) is 2.69. The molecule has 1 heterocycles. The summed E-state index contributed by atoms with van der Waals surface area (Å²) in [7, 11) is 0. The molecule has 1 aromatic carbocycles.